The van der Waals surface area contributed by atoms with Crippen molar-refractivity contribution in [2.75, 3.05) is 13.1 Å². The van der Waals surface area contributed by atoms with E-state index in [0.717, 1.165) is 19.5 Å². The molecular weight excluding hydrogens is 162 g/mol. The van der Waals surface area contributed by atoms with Crippen LogP contribution in [0, 0.1) is 0 Å². The van der Waals surface area contributed by atoms with Crippen LogP contribution >= 0.6 is 0 Å². The van der Waals surface area contributed by atoms with Crippen LogP contribution in [0.5, 0.6) is 0 Å². The predicted octanol–water partition coefficient (Wildman–Crippen LogP) is 1.24. The SMILES string of the molecule is CCCN1CCc2ncncc2C1. The van der Waals surface area contributed by atoms with Crippen LogP contribution in [0.25, 0.3) is 0 Å². The van der Waals surface area contributed by atoms with Crippen molar-refractivity contribution in [2.45, 2.75) is 26.3 Å². The zero-order valence-corrected chi connectivity index (χ0v) is 8.03. The number of nitrogens with zero attached hydrogens (tertiary/aromatic N) is 3. The summed E-state index contributed by atoms with van der Waals surface area (Å²) in [4.78, 5) is 10.8. The minimum atomic E-state index is 1.03. The van der Waals surface area contributed by atoms with Crippen molar-refractivity contribution >= 4 is 0 Å². The summed E-state index contributed by atoms with van der Waals surface area (Å²) in [5.41, 5.74) is 2.55. The second-order valence-electron chi connectivity index (χ2n) is 3.52. The number of hydrogen-bond acceptors (Lipinski definition) is 3. The van der Waals surface area contributed by atoms with Crippen LogP contribution in [0.3, 0.4) is 0 Å². The predicted molar refractivity (Wildman–Crippen MR) is 51.3 cm³/mol. The molecule has 1 aliphatic rings. The Balaban J connectivity index is 2.11. The summed E-state index contributed by atoms with van der Waals surface area (Å²) in [6.45, 7) is 5.59. The van der Waals surface area contributed by atoms with Gasteiger partial charge in [-0.3, -0.25) is 4.90 Å². The van der Waals surface area contributed by atoms with E-state index in [1.54, 1.807) is 6.33 Å². The lowest BCUT2D eigenvalue weighted by molar-refractivity contribution is 0.252. The molecule has 70 valence electrons. The third-order valence-electron chi connectivity index (χ3n) is 2.48. The molecule has 0 aliphatic carbocycles. The van der Waals surface area contributed by atoms with Crippen molar-refractivity contribution in [1.82, 2.24) is 14.9 Å². The topological polar surface area (TPSA) is 29.0 Å². The Labute approximate surface area is 78.8 Å². The second kappa shape index (κ2) is 3.83. The van der Waals surface area contributed by atoms with Gasteiger partial charge in [0.05, 0.1) is 0 Å². The molecule has 0 bridgehead atoms. The molecule has 1 aromatic rings. The van der Waals surface area contributed by atoms with E-state index in [4.69, 9.17) is 0 Å². The molecule has 0 radical (unpaired) electrons. The highest BCUT2D eigenvalue weighted by Gasteiger charge is 2.15. The van der Waals surface area contributed by atoms with E-state index in [1.165, 1.54) is 24.2 Å². The molecule has 3 nitrogen and oxygen atoms in total. The van der Waals surface area contributed by atoms with E-state index in [9.17, 15) is 0 Å². The van der Waals surface area contributed by atoms with E-state index in [1.807, 2.05) is 6.20 Å². The number of rotatable bonds is 2. The van der Waals surface area contributed by atoms with Crippen LogP contribution < -0.4 is 0 Å². The second-order valence-corrected chi connectivity index (χ2v) is 3.52. The molecule has 1 aromatic heterocycles. The molecule has 0 unspecified atom stereocenters. The zero-order chi connectivity index (χ0) is 9.10. The molecule has 3 heteroatoms. The first-order chi connectivity index (χ1) is 6.40. The van der Waals surface area contributed by atoms with Gasteiger partial charge in [-0.25, -0.2) is 9.97 Å². The van der Waals surface area contributed by atoms with Crippen LogP contribution in [-0.2, 0) is 13.0 Å². The Morgan fingerprint density at radius 3 is 3.31 bits per heavy atom. The molecule has 1 aliphatic heterocycles. The van der Waals surface area contributed by atoms with E-state index < -0.39 is 0 Å². The summed E-state index contributed by atoms with van der Waals surface area (Å²) in [5.74, 6) is 0. The summed E-state index contributed by atoms with van der Waals surface area (Å²) in [5, 5.41) is 0. The molecule has 0 saturated carbocycles. The van der Waals surface area contributed by atoms with Gasteiger partial charge >= 0.3 is 0 Å². The molecule has 0 aromatic carbocycles. The standard InChI is InChI=1S/C10H15N3/c1-2-4-13-5-3-10-9(7-13)6-11-8-12-10/h6,8H,2-5,7H2,1H3. The molecule has 0 saturated heterocycles. The largest absolute Gasteiger partial charge is 0.299 e. The van der Waals surface area contributed by atoms with Crippen molar-refractivity contribution in [2.24, 2.45) is 0 Å². The first kappa shape index (κ1) is 8.63. The van der Waals surface area contributed by atoms with Crippen molar-refractivity contribution in [3.05, 3.63) is 23.8 Å². The van der Waals surface area contributed by atoms with E-state index in [0.29, 0.717) is 0 Å². The molecule has 2 rings (SSSR count). The van der Waals surface area contributed by atoms with Crippen LogP contribution in [0.15, 0.2) is 12.5 Å². The number of hydrogen-bond donors (Lipinski definition) is 0. The first-order valence-electron chi connectivity index (χ1n) is 4.90. The molecule has 0 atom stereocenters. The lowest BCUT2D eigenvalue weighted by Gasteiger charge is -2.26. The highest BCUT2D eigenvalue weighted by Crippen LogP contribution is 2.14. The lowest BCUT2D eigenvalue weighted by atomic mass is 10.1. The average molecular weight is 177 g/mol. The maximum absolute atomic E-state index is 4.28. The quantitative estimate of drug-likeness (QED) is 0.680. The Bertz CT molecular complexity index is 285. The van der Waals surface area contributed by atoms with Gasteiger partial charge in [0.25, 0.3) is 0 Å². The van der Waals surface area contributed by atoms with Gasteiger partial charge in [0.15, 0.2) is 0 Å². The maximum Gasteiger partial charge on any atom is 0.115 e. The average Bonchev–Trinajstić information content (AvgIpc) is 2.18. The van der Waals surface area contributed by atoms with Gasteiger partial charge < -0.3 is 0 Å². The molecule has 0 spiro atoms. The number of fused-ring (bicyclic) bond motifs is 1. The van der Waals surface area contributed by atoms with Gasteiger partial charge in [0.2, 0.25) is 0 Å². The van der Waals surface area contributed by atoms with Crippen LogP contribution in [0.4, 0.5) is 0 Å². The van der Waals surface area contributed by atoms with Gasteiger partial charge in [-0.05, 0) is 13.0 Å². The highest BCUT2D eigenvalue weighted by molar-refractivity contribution is 5.18. The fourth-order valence-electron chi connectivity index (χ4n) is 1.83. The first-order valence-corrected chi connectivity index (χ1v) is 4.90. The van der Waals surface area contributed by atoms with Crippen molar-refractivity contribution in [1.29, 1.82) is 0 Å². The minimum absolute atomic E-state index is 1.03. The lowest BCUT2D eigenvalue weighted by Crippen LogP contribution is -2.31. The zero-order valence-electron chi connectivity index (χ0n) is 8.03. The molecule has 0 amide bonds. The van der Waals surface area contributed by atoms with Crippen molar-refractivity contribution in [3.63, 3.8) is 0 Å². The molecule has 2 heterocycles. The fraction of sp³-hybridized carbons (Fsp3) is 0.600. The van der Waals surface area contributed by atoms with Crippen molar-refractivity contribution < 1.29 is 0 Å². The van der Waals surface area contributed by atoms with Gasteiger partial charge in [0.1, 0.15) is 6.33 Å². The maximum atomic E-state index is 4.28. The third kappa shape index (κ3) is 1.86. The van der Waals surface area contributed by atoms with Gasteiger partial charge in [-0.15, -0.1) is 0 Å². The Morgan fingerprint density at radius 2 is 2.46 bits per heavy atom. The smallest absolute Gasteiger partial charge is 0.115 e. The monoisotopic (exact) mass is 177 g/mol. The van der Waals surface area contributed by atoms with Crippen molar-refractivity contribution in [3.8, 4) is 0 Å². The van der Waals surface area contributed by atoms with E-state index >= 15 is 0 Å². The van der Waals surface area contributed by atoms with E-state index in [-0.39, 0.29) is 0 Å². The normalized spacial score (nSPS) is 17.0. The van der Waals surface area contributed by atoms with E-state index in [2.05, 4.69) is 21.8 Å². The Morgan fingerprint density at radius 1 is 1.54 bits per heavy atom. The van der Waals surface area contributed by atoms with Gasteiger partial charge in [0, 0.05) is 37.0 Å². The highest BCUT2D eigenvalue weighted by atomic mass is 15.1. The van der Waals surface area contributed by atoms with Gasteiger partial charge in [-0.2, -0.15) is 0 Å². The summed E-state index contributed by atoms with van der Waals surface area (Å²) in [6.07, 6.45) is 5.90. The van der Waals surface area contributed by atoms with Gasteiger partial charge in [-0.1, -0.05) is 6.92 Å². The molecular formula is C10H15N3. The summed E-state index contributed by atoms with van der Waals surface area (Å²) < 4.78 is 0. The third-order valence-corrected chi connectivity index (χ3v) is 2.48. The summed E-state index contributed by atoms with van der Waals surface area (Å²) >= 11 is 0. The number of aromatic nitrogens is 2. The van der Waals surface area contributed by atoms with Crippen LogP contribution in [0.1, 0.15) is 24.6 Å². The Hall–Kier alpha value is -0.960. The van der Waals surface area contributed by atoms with Crippen LogP contribution in [0.2, 0.25) is 0 Å². The molecule has 13 heavy (non-hydrogen) atoms. The Kier molecular flexibility index (Phi) is 2.54. The summed E-state index contributed by atoms with van der Waals surface area (Å²) in [7, 11) is 0. The minimum Gasteiger partial charge on any atom is -0.299 e. The molecule has 0 fully saturated rings. The summed E-state index contributed by atoms with van der Waals surface area (Å²) in [6, 6.07) is 0. The molecule has 0 N–H and O–H groups in total. The fourth-order valence-corrected chi connectivity index (χ4v) is 1.83. The van der Waals surface area contributed by atoms with Crippen LogP contribution in [-0.4, -0.2) is 28.0 Å².